The van der Waals surface area contributed by atoms with Crippen molar-refractivity contribution in [2.24, 2.45) is 11.1 Å². The van der Waals surface area contributed by atoms with Crippen molar-refractivity contribution in [3.8, 4) is 0 Å². The Morgan fingerprint density at radius 3 is 3.23 bits per heavy atom. The minimum Gasteiger partial charge on any atom is -0.481 e. The summed E-state index contributed by atoms with van der Waals surface area (Å²) in [7, 11) is 0. The van der Waals surface area contributed by atoms with Crippen LogP contribution in [-0.4, -0.2) is 22.9 Å². The van der Waals surface area contributed by atoms with Gasteiger partial charge in [0.1, 0.15) is 6.10 Å². The van der Waals surface area contributed by atoms with Crippen molar-refractivity contribution in [3.63, 3.8) is 0 Å². The third-order valence-electron chi connectivity index (χ3n) is 2.76. The highest BCUT2D eigenvalue weighted by Gasteiger charge is 2.36. The van der Waals surface area contributed by atoms with Crippen LogP contribution in [0.4, 0.5) is 0 Å². The van der Waals surface area contributed by atoms with E-state index in [1.54, 1.807) is 0 Å². The molecule has 0 bridgehead atoms. The Kier molecular flexibility index (Phi) is 2.20. The number of carbonyl (C=O) groups is 1. The lowest BCUT2D eigenvalue weighted by Gasteiger charge is -2.20. The largest absolute Gasteiger partial charge is 0.481 e. The maximum atomic E-state index is 10.5. The molecule has 1 N–H and O–H groups in total. The predicted octanol–water partition coefficient (Wildman–Crippen LogP) is 1.41. The van der Waals surface area contributed by atoms with Gasteiger partial charge in [0.2, 0.25) is 0 Å². The summed E-state index contributed by atoms with van der Waals surface area (Å²) in [6.07, 6.45) is 4.24. The molecule has 0 aromatic rings. The van der Waals surface area contributed by atoms with Crippen molar-refractivity contribution < 1.29 is 14.7 Å². The summed E-state index contributed by atoms with van der Waals surface area (Å²) in [6, 6.07) is 0. The number of carboxylic acids is 1. The molecule has 1 aliphatic carbocycles. The zero-order chi connectivity index (χ0) is 9.26. The van der Waals surface area contributed by atoms with E-state index in [2.05, 4.69) is 5.16 Å². The molecular formula is C9H13NO3. The number of oxime groups is 1. The van der Waals surface area contributed by atoms with Crippen LogP contribution in [0.3, 0.4) is 0 Å². The first-order valence-corrected chi connectivity index (χ1v) is 4.72. The maximum Gasteiger partial charge on any atom is 0.307 e. The van der Waals surface area contributed by atoms with Crippen molar-refractivity contribution in [1.29, 1.82) is 0 Å². The average Bonchev–Trinajstić information content (AvgIpc) is 2.48. The summed E-state index contributed by atoms with van der Waals surface area (Å²) in [5.74, 6) is -0.517. The molecule has 4 heteroatoms. The zero-order valence-corrected chi connectivity index (χ0v) is 7.40. The van der Waals surface area contributed by atoms with Crippen molar-refractivity contribution in [2.45, 2.75) is 38.2 Å². The molecule has 2 atom stereocenters. The van der Waals surface area contributed by atoms with E-state index in [0.29, 0.717) is 0 Å². The molecule has 0 unspecified atom stereocenters. The molecule has 1 aliphatic heterocycles. The monoisotopic (exact) mass is 183 g/mol. The van der Waals surface area contributed by atoms with Gasteiger partial charge < -0.3 is 9.94 Å². The minimum absolute atomic E-state index is 0.0810. The van der Waals surface area contributed by atoms with Gasteiger partial charge >= 0.3 is 5.97 Å². The van der Waals surface area contributed by atoms with Crippen LogP contribution in [0.5, 0.6) is 0 Å². The Morgan fingerprint density at radius 2 is 2.46 bits per heavy atom. The normalized spacial score (nSPS) is 31.8. The van der Waals surface area contributed by atoms with Crippen molar-refractivity contribution in [1.82, 2.24) is 0 Å². The molecule has 72 valence electrons. The highest BCUT2D eigenvalue weighted by atomic mass is 16.6. The molecule has 1 saturated carbocycles. The second-order valence-electron chi connectivity index (χ2n) is 3.68. The number of rotatable bonds is 2. The molecule has 2 aliphatic rings. The van der Waals surface area contributed by atoms with Crippen LogP contribution >= 0.6 is 0 Å². The SMILES string of the molecule is O=C(O)C[C@H]1ON=C2CCCC[C@@H]21. The summed E-state index contributed by atoms with van der Waals surface area (Å²) < 4.78 is 0. The summed E-state index contributed by atoms with van der Waals surface area (Å²) >= 11 is 0. The van der Waals surface area contributed by atoms with E-state index in [9.17, 15) is 4.79 Å². The van der Waals surface area contributed by atoms with Gasteiger partial charge in [0.25, 0.3) is 0 Å². The summed E-state index contributed by atoms with van der Waals surface area (Å²) in [4.78, 5) is 15.6. The van der Waals surface area contributed by atoms with E-state index in [1.807, 2.05) is 0 Å². The zero-order valence-electron chi connectivity index (χ0n) is 7.40. The van der Waals surface area contributed by atoms with E-state index < -0.39 is 5.97 Å². The summed E-state index contributed by atoms with van der Waals surface area (Å²) in [5.41, 5.74) is 1.08. The minimum atomic E-state index is -0.799. The van der Waals surface area contributed by atoms with Gasteiger partial charge in [0.05, 0.1) is 12.1 Å². The molecule has 0 aromatic carbocycles. The molecule has 0 aromatic heterocycles. The Balaban J connectivity index is 1.99. The molecule has 1 heterocycles. The first-order valence-electron chi connectivity index (χ1n) is 4.72. The molecule has 0 amide bonds. The maximum absolute atomic E-state index is 10.5. The van der Waals surface area contributed by atoms with E-state index in [4.69, 9.17) is 9.94 Å². The van der Waals surface area contributed by atoms with Crippen molar-refractivity contribution in [3.05, 3.63) is 0 Å². The Hall–Kier alpha value is -1.06. The third kappa shape index (κ3) is 1.66. The molecule has 1 fully saturated rings. The average molecular weight is 183 g/mol. The lowest BCUT2D eigenvalue weighted by molar-refractivity contribution is -0.140. The first kappa shape index (κ1) is 8.53. The van der Waals surface area contributed by atoms with E-state index >= 15 is 0 Å². The molecular weight excluding hydrogens is 170 g/mol. The molecule has 4 nitrogen and oxygen atoms in total. The van der Waals surface area contributed by atoms with E-state index in [1.165, 1.54) is 12.8 Å². The second kappa shape index (κ2) is 3.36. The first-order chi connectivity index (χ1) is 6.27. The number of nitrogens with zero attached hydrogens (tertiary/aromatic N) is 1. The van der Waals surface area contributed by atoms with Crippen LogP contribution in [0.2, 0.25) is 0 Å². The predicted molar refractivity (Wildman–Crippen MR) is 46.5 cm³/mol. The Morgan fingerprint density at radius 1 is 1.62 bits per heavy atom. The van der Waals surface area contributed by atoms with Crippen LogP contribution in [0.1, 0.15) is 32.1 Å². The van der Waals surface area contributed by atoms with E-state index in [0.717, 1.165) is 18.6 Å². The molecule has 13 heavy (non-hydrogen) atoms. The fourth-order valence-corrected chi connectivity index (χ4v) is 2.10. The van der Waals surface area contributed by atoms with E-state index in [-0.39, 0.29) is 18.4 Å². The number of hydrogen-bond acceptors (Lipinski definition) is 3. The number of hydrogen-bond donors (Lipinski definition) is 1. The van der Waals surface area contributed by atoms with Crippen molar-refractivity contribution >= 4 is 11.7 Å². The Bertz CT molecular complexity index is 249. The van der Waals surface area contributed by atoms with Crippen LogP contribution in [0.25, 0.3) is 0 Å². The van der Waals surface area contributed by atoms with Crippen LogP contribution in [0, 0.1) is 5.92 Å². The quantitative estimate of drug-likeness (QED) is 0.704. The lowest BCUT2D eigenvalue weighted by atomic mass is 9.83. The van der Waals surface area contributed by atoms with Gasteiger partial charge in [-0.2, -0.15) is 0 Å². The summed E-state index contributed by atoms with van der Waals surface area (Å²) in [5, 5.41) is 12.6. The topological polar surface area (TPSA) is 58.9 Å². The molecule has 0 spiro atoms. The highest BCUT2D eigenvalue weighted by molar-refractivity contribution is 5.89. The lowest BCUT2D eigenvalue weighted by Crippen LogP contribution is -2.28. The van der Waals surface area contributed by atoms with Gasteiger partial charge in [-0.1, -0.05) is 11.6 Å². The molecule has 0 radical (unpaired) electrons. The van der Waals surface area contributed by atoms with Gasteiger partial charge in [0.15, 0.2) is 0 Å². The Labute approximate surface area is 76.6 Å². The van der Waals surface area contributed by atoms with Gasteiger partial charge in [-0.15, -0.1) is 0 Å². The number of aliphatic carboxylic acids is 1. The van der Waals surface area contributed by atoms with Crippen LogP contribution in [-0.2, 0) is 9.63 Å². The van der Waals surface area contributed by atoms with Gasteiger partial charge in [-0.25, -0.2) is 0 Å². The third-order valence-corrected chi connectivity index (χ3v) is 2.76. The smallest absolute Gasteiger partial charge is 0.307 e. The van der Waals surface area contributed by atoms with Crippen LogP contribution in [0.15, 0.2) is 5.16 Å². The number of carboxylic acid groups (broad SMARTS) is 1. The van der Waals surface area contributed by atoms with Gasteiger partial charge in [0, 0.05) is 5.92 Å². The number of fused-ring (bicyclic) bond motifs is 1. The fourth-order valence-electron chi connectivity index (χ4n) is 2.10. The highest BCUT2D eigenvalue weighted by Crippen LogP contribution is 2.32. The standard InChI is InChI=1S/C9H13NO3/c11-9(12)5-8-6-3-1-2-4-7(6)10-13-8/h6,8H,1-5H2,(H,11,12)/t6-,8+/m0/s1. The van der Waals surface area contributed by atoms with Gasteiger partial charge in [-0.3, -0.25) is 4.79 Å². The fraction of sp³-hybridized carbons (Fsp3) is 0.778. The second-order valence-corrected chi connectivity index (χ2v) is 3.68. The van der Waals surface area contributed by atoms with Crippen molar-refractivity contribution in [2.75, 3.05) is 0 Å². The molecule has 2 rings (SSSR count). The summed E-state index contributed by atoms with van der Waals surface area (Å²) in [6.45, 7) is 0. The van der Waals surface area contributed by atoms with Gasteiger partial charge in [-0.05, 0) is 19.3 Å². The molecule has 0 saturated heterocycles. The van der Waals surface area contributed by atoms with Crippen LogP contribution < -0.4 is 0 Å².